The first-order valence-corrected chi connectivity index (χ1v) is 5.06. The van der Waals surface area contributed by atoms with E-state index in [9.17, 15) is 14.9 Å². The normalized spacial score (nSPS) is 11.9. The molecule has 92 valence electrons. The summed E-state index contributed by atoms with van der Waals surface area (Å²) in [5, 5.41) is 13.7. The van der Waals surface area contributed by atoms with Crippen LogP contribution in [0.25, 0.3) is 0 Å². The van der Waals surface area contributed by atoms with E-state index >= 15 is 0 Å². The van der Waals surface area contributed by atoms with E-state index in [1.165, 1.54) is 6.20 Å². The smallest absolute Gasteiger partial charge is 0.314 e. The predicted molar refractivity (Wildman–Crippen MR) is 62.5 cm³/mol. The number of aromatic nitrogens is 1. The van der Waals surface area contributed by atoms with Gasteiger partial charge in [-0.15, -0.1) is 0 Å². The lowest BCUT2D eigenvalue weighted by molar-refractivity contribution is -0.384. The molecule has 1 rings (SSSR count). The van der Waals surface area contributed by atoms with Crippen molar-refractivity contribution in [3.63, 3.8) is 0 Å². The summed E-state index contributed by atoms with van der Waals surface area (Å²) in [5.74, 6) is -0.316. The molecule has 0 aromatic carbocycles. The third kappa shape index (κ3) is 3.40. The maximum absolute atomic E-state index is 10.9. The first-order valence-electron chi connectivity index (χ1n) is 5.06. The Morgan fingerprint density at radius 2 is 2.35 bits per heavy atom. The number of primary amides is 1. The number of nitrogens with zero attached hydrogens (tertiary/aromatic N) is 2. The molecule has 1 aromatic rings. The molecular formula is C10H14N4O3. The fourth-order valence-electron chi connectivity index (χ4n) is 1.47. The van der Waals surface area contributed by atoms with Gasteiger partial charge in [-0.25, -0.2) is 4.98 Å². The molecule has 1 aromatic heterocycles. The fraction of sp³-hybridized carbons (Fsp3) is 0.400. The summed E-state index contributed by atoms with van der Waals surface area (Å²) >= 11 is 0. The van der Waals surface area contributed by atoms with Gasteiger partial charge in [-0.05, 0) is 19.9 Å². The highest BCUT2D eigenvalue weighted by Crippen LogP contribution is 2.26. The predicted octanol–water partition coefficient (Wildman–Crippen LogP) is 0.974. The van der Waals surface area contributed by atoms with Crippen LogP contribution in [0.3, 0.4) is 0 Å². The molecule has 3 N–H and O–H groups in total. The standard InChI is InChI=1S/C10H14N4O3/c1-6-3-4-12-10(9(6)14(16)17)13-7(2)5-8(11)15/h3-4,7H,5H2,1-2H3,(H2,11,15)(H,12,13). The van der Waals surface area contributed by atoms with E-state index < -0.39 is 10.8 Å². The van der Waals surface area contributed by atoms with Gasteiger partial charge in [-0.2, -0.15) is 0 Å². The van der Waals surface area contributed by atoms with Gasteiger partial charge < -0.3 is 11.1 Å². The molecule has 1 atom stereocenters. The van der Waals surface area contributed by atoms with E-state index in [2.05, 4.69) is 10.3 Å². The Hall–Kier alpha value is -2.18. The van der Waals surface area contributed by atoms with Gasteiger partial charge in [0.2, 0.25) is 11.7 Å². The minimum absolute atomic E-state index is 0.0798. The molecule has 0 spiro atoms. The average molecular weight is 238 g/mol. The van der Waals surface area contributed by atoms with Gasteiger partial charge in [0.25, 0.3) is 0 Å². The zero-order valence-electron chi connectivity index (χ0n) is 9.64. The highest BCUT2D eigenvalue weighted by Gasteiger charge is 2.20. The zero-order chi connectivity index (χ0) is 13.0. The molecule has 0 bridgehead atoms. The molecule has 17 heavy (non-hydrogen) atoms. The van der Waals surface area contributed by atoms with Crippen LogP contribution in [-0.4, -0.2) is 21.9 Å². The molecule has 1 unspecified atom stereocenters. The fourth-order valence-corrected chi connectivity index (χ4v) is 1.47. The average Bonchev–Trinajstić information content (AvgIpc) is 2.15. The molecule has 0 aliphatic carbocycles. The molecular weight excluding hydrogens is 224 g/mol. The summed E-state index contributed by atoms with van der Waals surface area (Å²) < 4.78 is 0. The number of anilines is 1. The van der Waals surface area contributed by atoms with Crippen LogP contribution in [0.2, 0.25) is 0 Å². The van der Waals surface area contributed by atoms with E-state index in [1.54, 1.807) is 19.9 Å². The number of hydrogen-bond acceptors (Lipinski definition) is 5. The van der Waals surface area contributed by atoms with Crippen molar-refractivity contribution in [2.75, 3.05) is 5.32 Å². The van der Waals surface area contributed by atoms with E-state index in [0.29, 0.717) is 5.56 Å². The summed E-state index contributed by atoms with van der Waals surface area (Å²) in [5.41, 5.74) is 5.47. The van der Waals surface area contributed by atoms with Crippen molar-refractivity contribution >= 4 is 17.4 Å². The summed E-state index contributed by atoms with van der Waals surface area (Å²) in [4.78, 5) is 25.0. The van der Waals surface area contributed by atoms with E-state index in [4.69, 9.17) is 5.73 Å². The highest BCUT2D eigenvalue weighted by atomic mass is 16.6. The number of rotatable bonds is 5. The van der Waals surface area contributed by atoms with Gasteiger partial charge in [-0.3, -0.25) is 14.9 Å². The van der Waals surface area contributed by atoms with Crippen LogP contribution in [0.15, 0.2) is 12.3 Å². The van der Waals surface area contributed by atoms with Gasteiger partial charge in [0.1, 0.15) is 0 Å². The second-order valence-electron chi connectivity index (χ2n) is 3.80. The minimum Gasteiger partial charge on any atom is -0.370 e. The van der Waals surface area contributed by atoms with Crippen molar-refractivity contribution in [2.24, 2.45) is 5.73 Å². The van der Waals surface area contributed by atoms with Crippen LogP contribution < -0.4 is 11.1 Å². The lowest BCUT2D eigenvalue weighted by Gasteiger charge is -2.13. The van der Waals surface area contributed by atoms with E-state index in [1.807, 2.05) is 0 Å². The maximum atomic E-state index is 10.9. The molecule has 0 aliphatic rings. The number of nitro groups is 1. The number of pyridine rings is 1. The maximum Gasteiger partial charge on any atom is 0.314 e. The van der Waals surface area contributed by atoms with Gasteiger partial charge in [0, 0.05) is 24.2 Å². The van der Waals surface area contributed by atoms with E-state index in [-0.39, 0.29) is 24.0 Å². The Balaban J connectivity index is 2.94. The van der Waals surface area contributed by atoms with Gasteiger partial charge in [0.15, 0.2) is 0 Å². The van der Waals surface area contributed by atoms with E-state index in [0.717, 1.165) is 0 Å². The molecule has 0 saturated heterocycles. The summed E-state index contributed by atoms with van der Waals surface area (Å²) in [6, 6.07) is 1.25. The number of amides is 1. The Morgan fingerprint density at radius 3 is 2.88 bits per heavy atom. The lowest BCUT2D eigenvalue weighted by Crippen LogP contribution is -2.24. The summed E-state index contributed by atoms with van der Waals surface area (Å²) in [6.07, 6.45) is 1.56. The topological polar surface area (TPSA) is 111 Å². The number of aryl methyl sites for hydroxylation is 1. The molecule has 0 radical (unpaired) electrons. The van der Waals surface area contributed by atoms with Crippen molar-refractivity contribution in [1.82, 2.24) is 4.98 Å². The van der Waals surface area contributed by atoms with Gasteiger partial charge in [0.05, 0.1) is 4.92 Å². The number of nitrogens with one attached hydrogen (secondary N) is 1. The second kappa shape index (κ2) is 5.24. The molecule has 1 amide bonds. The quantitative estimate of drug-likeness (QED) is 0.586. The first kappa shape index (κ1) is 12.9. The van der Waals surface area contributed by atoms with Crippen LogP contribution in [0.4, 0.5) is 11.5 Å². The van der Waals surface area contributed by atoms with Crippen LogP contribution in [0, 0.1) is 17.0 Å². The Kier molecular flexibility index (Phi) is 3.97. The Labute approximate surface area is 98.2 Å². The van der Waals surface area contributed by atoms with Crippen LogP contribution in [-0.2, 0) is 4.79 Å². The number of nitrogens with two attached hydrogens (primary N) is 1. The van der Waals surface area contributed by atoms with Crippen molar-refractivity contribution in [1.29, 1.82) is 0 Å². The third-order valence-corrected chi connectivity index (χ3v) is 2.20. The third-order valence-electron chi connectivity index (χ3n) is 2.20. The van der Waals surface area contributed by atoms with Crippen molar-refractivity contribution < 1.29 is 9.72 Å². The van der Waals surface area contributed by atoms with Crippen molar-refractivity contribution in [3.8, 4) is 0 Å². The molecule has 7 heteroatoms. The van der Waals surface area contributed by atoms with Crippen molar-refractivity contribution in [2.45, 2.75) is 26.3 Å². The molecule has 0 aliphatic heterocycles. The number of carbonyl (C=O) groups is 1. The number of carbonyl (C=O) groups excluding carboxylic acids is 1. The Morgan fingerprint density at radius 1 is 1.71 bits per heavy atom. The molecule has 1 heterocycles. The van der Waals surface area contributed by atoms with Gasteiger partial charge in [-0.1, -0.05) is 0 Å². The SMILES string of the molecule is Cc1ccnc(NC(C)CC(N)=O)c1[N+](=O)[O-]. The van der Waals surface area contributed by atoms with Crippen LogP contribution in [0.1, 0.15) is 18.9 Å². The van der Waals surface area contributed by atoms with Crippen LogP contribution >= 0.6 is 0 Å². The number of hydrogen-bond donors (Lipinski definition) is 2. The zero-order valence-corrected chi connectivity index (χ0v) is 9.64. The molecule has 7 nitrogen and oxygen atoms in total. The Bertz CT molecular complexity index is 447. The highest BCUT2D eigenvalue weighted by molar-refractivity contribution is 5.75. The minimum atomic E-state index is -0.498. The molecule has 0 fully saturated rings. The summed E-state index contributed by atoms with van der Waals surface area (Å²) in [6.45, 7) is 3.34. The molecule has 0 saturated carbocycles. The van der Waals surface area contributed by atoms with Gasteiger partial charge >= 0.3 is 5.69 Å². The monoisotopic (exact) mass is 238 g/mol. The van der Waals surface area contributed by atoms with Crippen LogP contribution in [0.5, 0.6) is 0 Å². The first-order chi connectivity index (χ1) is 7.91. The summed E-state index contributed by atoms with van der Waals surface area (Å²) in [7, 11) is 0. The second-order valence-corrected chi connectivity index (χ2v) is 3.80. The van der Waals surface area contributed by atoms with Crippen molar-refractivity contribution in [3.05, 3.63) is 27.9 Å². The lowest BCUT2D eigenvalue weighted by atomic mass is 10.2. The largest absolute Gasteiger partial charge is 0.370 e.